The van der Waals surface area contributed by atoms with Crippen molar-refractivity contribution in [2.75, 3.05) is 0 Å². The molecule has 0 aliphatic carbocycles. The van der Waals surface area contributed by atoms with Crippen molar-refractivity contribution in [3.05, 3.63) is 64.4 Å². The van der Waals surface area contributed by atoms with E-state index < -0.39 is 5.97 Å². The quantitative estimate of drug-likeness (QED) is 0.906. The molecule has 1 aromatic carbocycles. The molecule has 0 aliphatic rings. The van der Waals surface area contributed by atoms with Gasteiger partial charge in [0.05, 0.1) is 10.6 Å². The standard InChI is InChI=1S/C14H11ClN2O3/c15-11-5-6-12(16-8-11)13(18)17-7-9-1-3-10(4-2-9)14(19)20/h1-6,8H,7H2,(H,17,18)(H,19,20). The van der Waals surface area contributed by atoms with E-state index in [1.165, 1.54) is 24.4 Å². The highest BCUT2D eigenvalue weighted by molar-refractivity contribution is 6.30. The predicted molar refractivity (Wildman–Crippen MR) is 73.8 cm³/mol. The Labute approximate surface area is 120 Å². The molecule has 1 heterocycles. The Morgan fingerprint density at radius 3 is 2.40 bits per heavy atom. The number of rotatable bonds is 4. The topological polar surface area (TPSA) is 79.3 Å². The summed E-state index contributed by atoms with van der Waals surface area (Å²) < 4.78 is 0. The van der Waals surface area contributed by atoms with Crippen LogP contribution in [0.25, 0.3) is 0 Å². The SMILES string of the molecule is O=C(O)c1ccc(CNC(=O)c2ccc(Cl)cn2)cc1. The number of hydrogen-bond donors (Lipinski definition) is 2. The number of nitrogens with zero attached hydrogens (tertiary/aromatic N) is 1. The fourth-order valence-corrected chi connectivity index (χ4v) is 1.66. The highest BCUT2D eigenvalue weighted by Gasteiger charge is 2.07. The Hall–Kier alpha value is -2.40. The first-order valence-electron chi connectivity index (χ1n) is 5.78. The molecule has 0 spiro atoms. The second kappa shape index (κ2) is 6.16. The van der Waals surface area contributed by atoms with Gasteiger partial charge in [0.15, 0.2) is 0 Å². The van der Waals surface area contributed by atoms with E-state index in [0.717, 1.165) is 5.56 Å². The van der Waals surface area contributed by atoms with Gasteiger partial charge in [-0.25, -0.2) is 9.78 Å². The largest absolute Gasteiger partial charge is 0.478 e. The number of aromatic carboxylic acids is 1. The molecule has 0 bridgehead atoms. The van der Waals surface area contributed by atoms with Gasteiger partial charge in [0.2, 0.25) is 0 Å². The molecule has 0 atom stereocenters. The number of amides is 1. The molecule has 0 saturated heterocycles. The van der Waals surface area contributed by atoms with Crippen LogP contribution in [0.3, 0.4) is 0 Å². The third-order valence-corrected chi connectivity index (χ3v) is 2.84. The summed E-state index contributed by atoms with van der Waals surface area (Å²) >= 11 is 5.69. The van der Waals surface area contributed by atoms with Crippen molar-refractivity contribution >= 4 is 23.5 Å². The molecule has 6 heteroatoms. The Bertz CT molecular complexity index is 624. The van der Waals surface area contributed by atoms with Crippen LogP contribution in [-0.2, 0) is 6.54 Å². The minimum atomic E-state index is -0.981. The van der Waals surface area contributed by atoms with Gasteiger partial charge in [-0.05, 0) is 29.8 Å². The molecule has 2 N–H and O–H groups in total. The number of nitrogens with one attached hydrogen (secondary N) is 1. The minimum Gasteiger partial charge on any atom is -0.478 e. The van der Waals surface area contributed by atoms with E-state index in [1.54, 1.807) is 18.2 Å². The number of benzene rings is 1. The van der Waals surface area contributed by atoms with Crippen LogP contribution in [0, 0.1) is 0 Å². The molecule has 0 fully saturated rings. The Morgan fingerprint density at radius 2 is 1.85 bits per heavy atom. The zero-order chi connectivity index (χ0) is 14.5. The summed E-state index contributed by atoms with van der Waals surface area (Å²) in [6.07, 6.45) is 1.40. The molecule has 0 saturated carbocycles. The lowest BCUT2D eigenvalue weighted by Crippen LogP contribution is -2.23. The number of aromatic nitrogens is 1. The second-order valence-electron chi connectivity index (χ2n) is 4.05. The maximum atomic E-state index is 11.8. The van der Waals surface area contributed by atoms with Gasteiger partial charge in [-0.1, -0.05) is 23.7 Å². The third-order valence-electron chi connectivity index (χ3n) is 2.61. The van der Waals surface area contributed by atoms with Gasteiger partial charge < -0.3 is 10.4 Å². The number of carbonyl (C=O) groups is 2. The van der Waals surface area contributed by atoms with Crippen molar-refractivity contribution in [3.63, 3.8) is 0 Å². The van der Waals surface area contributed by atoms with Gasteiger partial charge >= 0.3 is 5.97 Å². The summed E-state index contributed by atoms with van der Waals surface area (Å²) in [7, 11) is 0. The molecule has 0 radical (unpaired) electrons. The van der Waals surface area contributed by atoms with Crippen molar-refractivity contribution in [3.8, 4) is 0 Å². The number of hydrogen-bond acceptors (Lipinski definition) is 3. The van der Waals surface area contributed by atoms with E-state index >= 15 is 0 Å². The van der Waals surface area contributed by atoms with Crippen LogP contribution < -0.4 is 5.32 Å². The molecular formula is C14H11ClN2O3. The molecule has 2 rings (SSSR count). The van der Waals surface area contributed by atoms with E-state index in [4.69, 9.17) is 16.7 Å². The number of carbonyl (C=O) groups excluding carboxylic acids is 1. The Morgan fingerprint density at radius 1 is 1.15 bits per heavy atom. The lowest BCUT2D eigenvalue weighted by molar-refractivity contribution is 0.0696. The summed E-state index contributed by atoms with van der Waals surface area (Å²) in [5.41, 5.74) is 1.29. The van der Waals surface area contributed by atoms with Gasteiger partial charge in [-0.2, -0.15) is 0 Å². The molecule has 20 heavy (non-hydrogen) atoms. The van der Waals surface area contributed by atoms with Crippen LogP contribution in [0.5, 0.6) is 0 Å². The average Bonchev–Trinajstić information content (AvgIpc) is 2.46. The summed E-state index contributed by atoms with van der Waals surface area (Å²) in [4.78, 5) is 26.4. The van der Waals surface area contributed by atoms with Crippen molar-refractivity contribution < 1.29 is 14.7 Å². The van der Waals surface area contributed by atoms with Crippen molar-refractivity contribution in [2.45, 2.75) is 6.54 Å². The monoisotopic (exact) mass is 290 g/mol. The molecule has 0 unspecified atom stereocenters. The van der Waals surface area contributed by atoms with Crippen LogP contribution >= 0.6 is 11.6 Å². The van der Waals surface area contributed by atoms with Gasteiger partial charge in [-0.3, -0.25) is 4.79 Å². The molecular weight excluding hydrogens is 280 g/mol. The summed E-state index contributed by atoms with van der Waals surface area (Å²) in [5.74, 6) is -1.30. The first-order chi connectivity index (χ1) is 9.56. The Balaban J connectivity index is 1.96. The summed E-state index contributed by atoms with van der Waals surface area (Å²) in [6.45, 7) is 0.295. The highest BCUT2D eigenvalue weighted by Crippen LogP contribution is 2.07. The van der Waals surface area contributed by atoms with E-state index in [-0.39, 0.29) is 17.2 Å². The number of carboxylic acid groups (broad SMARTS) is 1. The lowest BCUT2D eigenvalue weighted by atomic mass is 10.1. The van der Waals surface area contributed by atoms with Gasteiger partial charge in [0.25, 0.3) is 5.91 Å². The summed E-state index contributed by atoms with van der Waals surface area (Å²) in [6, 6.07) is 9.41. The second-order valence-corrected chi connectivity index (χ2v) is 4.48. The average molecular weight is 291 g/mol. The van der Waals surface area contributed by atoms with Crippen LogP contribution in [0.4, 0.5) is 0 Å². The Kier molecular flexibility index (Phi) is 4.32. The maximum Gasteiger partial charge on any atom is 0.335 e. The molecule has 0 aliphatic heterocycles. The van der Waals surface area contributed by atoms with Crippen molar-refractivity contribution in [1.29, 1.82) is 0 Å². The summed E-state index contributed by atoms with van der Waals surface area (Å²) in [5, 5.41) is 11.9. The minimum absolute atomic E-state index is 0.208. The van der Waals surface area contributed by atoms with E-state index in [0.29, 0.717) is 11.6 Å². The molecule has 5 nitrogen and oxygen atoms in total. The van der Waals surface area contributed by atoms with Crippen molar-refractivity contribution in [1.82, 2.24) is 10.3 Å². The number of carboxylic acids is 1. The zero-order valence-corrected chi connectivity index (χ0v) is 11.1. The van der Waals surface area contributed by atoms with Crippen LogP contribution in [0.2, 0.25) is 5.02 Å². The van der Waals surface area contributed by atoms with Gasteiger partial charge in [0.1, 0.15) is 5.69 Å². The maximum absolute atomic E-state index is 11.8. The van der Waals surface area contributed by atoms with Gasteiger partial charge in [0, 0.05) is 12.7 Å². The van der Waals surface area contributed by atoms with Crippen LogP contribution in [-0.4, -0.2) is 22.0 Å². The predicted octanol–water partition coefficient (Wildman–Crippen LogP) is 2.36. The van der Waals surface area contributed by atoms with Gasteiger partial charge in [-0.15, -0.1) is 0 Å². The van der Waals surface area contributed by atoms with E-state index in [1.807, 2.05) is 0 Å². The number of halogens is 1. The highest BCUT2D eigenvalue weighted by atomic mass is 35.5. The number of pyridine rings is 1. The molecule has 1 amide bonds. The van der Waals surface area contributed by atoms with E-state index in [9.17, 15) is 9.59 Å². The first-order valence-corrected chi connectivity index (χ1v) is 6.16. The van der Waals surface area contributed by atoms with E-state index in [2.05, 4.69) is 10.3 Å². The smallest absolute Gasteiger partial charge is 0.335 e. The van der Waals surface area contributed by atoms with Crippen LogP contribution in [0.1, 0.15) is 26.4 Å². The van der Waals surface area contributed by atoms with Crippen molar-refractivity contribution in [2.24, 2.45) is 0 Å². The lowest BCUT2D eigenvalue weighted by Gasteiger charge is -2.05. The third kappa shape index (κ3) is 3.55. The fraction of sp³-hybridized carbons (Fsp3) is 0.0714. The fourth-order valence-electron chi connectivity index (χ4n) is 1.55. The van der Waals surface area contributed by atoms with Crippen LogP contribution in [0.15, 0.2) is 42.6 Å². The molecule has 1 aromatic heterocycles. The zero-order valence-electron chi connectivity index (χ0n) is 10.3. The molecule has 102 valence electrons. The normalized spacial score (nSPS) is 10.1. The first kappa shape index (κ1) is 14.0. The molecule has 2 aromatic rings.